The second-order valence-electron chi connectivity index (χ2n) is 4.92. The number of nitro benzene ring substituents is 1. The van der Waals surface area contributed by atoms with E-state index in [2.05, 4.69) is 21.9 Å². The summed E-state index contributed by atoms with van der Waals surface area (Å²) in [6.07, 6.45) is 7.04. The zero-order chi connectivity index (χ0) is 15.1. The van der Waals surface area contributed by atoms with E-state index in [1.54, 1.807) is 6.07 Å². The Hall–Kier alpha value is -2.18. The minimum Gasteiger partial charge on any atom is -0.491 e. The Balaban J connectivity index is 1.90. The van der Waals surface area contributed by atoms with Crippen LogP contribution in [0.25, 0.3) is 11.0 Å². The first-order valence-corrected chi connectivity index (χ1v) is 7.26. The average molecular weight is 293 g/mol. The number of fused-ring (bicyclic) bond motifs is 1. The molecule has 0 amide bonds. The van der Waals surface area contributed by atoms with Crippen LogP contribution in [0.5, 0.6) is 5.75 Å². The first-order valence-electron chi connectivity index (χ1n) is 7.26. The molecule has 0 aliphatic rings. The van der Waals surface area contributed by atoms with E-state index in [4.69, 9.17) is 4.74 Å². The Morgan fingerprint density at radius 2 is 1.86 bits per heavy atom. The van der Waals surface area contributed by atoms with E-state index in [9.17, 15) is 10.1 Å². The van der Waals surface area contributed by atoms with Crippen molar-refractivity contribution in [2.24, 2.45) is 0 Å². The third-order valence-corrected chi connectivity index (χ3v) is 3.31. The molecule has 0 atom stereocenters. The predicted molar refractivity (Wildman–Crippen MR) is 77.3 cm³/mol. The maximum Gasteiger partial charge on any atom is 0.301 e. The summed E-state index contributed by atoms with van der Waals surface area (Å²) in [4.78, 5) is 10.4. The van der Waals surface area contributed by atoms with Crippen molar-refractivity contribution in [3.63, 3.8) is 0 Å². The van der Waals surface area contributed by atoms with Gasteiger partial charge in [-0.3, -0.25) is 10.1 Å². The fourth-order valence-electron chi connectivity index (χ4n) is 2.16. The highest BCUT2D eigenvalue weighted by molar-refractivity contribution is 5.88. The van der Waals surface area contributed by atoms with Crippen molar-refractivity contribution >= 4 is 16.7 Å². The van der Waals surface area contributed by atoms with Crippen LogP contribution in [0.1, 0.15) is 45.4 Å². The van der Waals surface area contributed by atoms with Crippen LogP contribution in [0.4, 0.5) is 5.69 Å². The Bertz CT molecular complexity index is 597. The number of nitro groups is 1. The minimum absolute atomic E-state index is 0.125. The first-order chi connectivity index (χ1) is 10.2. The molecule has 1 heterocycles. The lowest BCUT2D eigenvalue weighted by molar-refractivity contribution is -0.383. The fraction of sp³-hybridized carbons (Fsp3) is 0.571. The lowest BCUT2D eigenvalue weighted by atomic mass is 10.1. The molecule has 0 saturated carbocycles. The van der Waals surface area contributed by atoms with Crippen LogP contribution in [-0.2, 0) is 0 Å². The topological polar surface area (TPSA) is 91.3 Å². The molecule has 0 fully saturated rings. The number of hydrogen-bond donors (Lipinski definition) is 0. The Labute approximate surface area is 122 Å². The summed E-state index contributed by atoms with van der Waals surface area (Å²) >= 11 is 0. The molecule has 114 valence electrons. The van der Waals surface area contributed by atoms with Gasteiger partial charge in [0.2, 0.25) is 5.52 Å². The fourth-order valence-corrected chi connectivity index (χ4v) is 2.16. The van der Waals surface area contributed by atoms with Crippen molar-refractivity contribution in [1.82, 2.24) is 10.3 Å². The standard InChI is InChI=1S/C14H19N3O4/c1-2-3-4-5-6-7-10-20-12-9-8-11(17(18)19)13-14(12)16-21-15-13/h8-9H,2-7,10H2,1H3. The van der Waals surface area contributed by atoms with E-state index >= 15 is 0 Å². The molecule has 0 aliphatic carbocycles. The zero-order valence-corrected chi connectivity index (χ0v) is 12.1. The van der Waals surface area contributed by atoms with Crippen molar-refractivity contribution in [3.05, 3.63) is 22.2 Å². The van der Waals surface area contributed by atoms with Gasteiger partial charge in [0.25, 0.3) is 0 Å². The number of non-ortho nitro benzene ring substituents is 1. The van der Waals surface area contributed by atoms with Gasteiger partial charge in [-0.25, -0.2) is 4.63 Å². The molecule has 0 aliphatic heterocycles. The van der Waals surface area contributed by atoms with Crippen molar-refractivity contribution in [2.45, 2.75) is 45.4 Å². The van der Waals surface area contributed by atoms with E-state index in [0.717, 1.165) is 12.8 Å². The number of aromatic nitrogens is 2. The highest BCUT2D eigenvalue weighted by Gasteiger charge is 2.20. The quantitative estimate of drug-likeness (QED) is 0.396. The first kappa shape index (κ1) is 15.2. The van der Waals surface area contributed by atoms with Crippen LogP contribution in [-0.4, -0.2) is 21.8 Å². The van der Waals surface area contributed by atoms with E-state index in [0.29, 0.717) is 17.9 Å². The van der Waals surface area contributed by atoms with Gasteiger partial charge in [0, 0.05) is 6.07 Å². The van der Waals surface area contributed by atoms with Crippen molar-refractivity contribution in [3.8, 4) is 5.75 Å². The lowest BCUT2D eigenvalue weighted by Gasteiger charge is -2.06. The summed E-state index contributed by atoms with van der Waals surface area (Å²) in [6.45, 7) is 2.75. The normalized spacial score (nSPS) is 10.9. The van der Waals surface area contributed by atoms with E-state index < -0.39 is 4.92 Å². The summed E-state index contributed by atoms with van der Waals surface area (Å²) in [5, 5.41) is 18.1. The van der Waals surface area contributed by atoms with Crippen LogP contribution >= 0.6 is 0 Å². The number of unbranched alkanes of at least 4 members (excludes halogenated alkanes) is 5. The van der Waals surface area contributed by atoms with Gasteiger partial charge in [-0.1, -0.05) is 39.0 Å². The molecule has 0 bridgehead atoms. The molecule has 2 rings (SSSR count). The molecule has 1 aromatic carbocycles. The van der Waals surface area contributed by atoms with E-state index in [1.165, 1.54) is 31.7 Å². The molecule has 1 aromatic heterocycles. The maximum absolute atomic E-state index is 10.9. The van der Waals surface area contributed by atoms with Crippen LogP contribution in [0, 0.1) is 10.1 Å². The number of ether oxygens (including phenoxy) is 1. The lowest BCUT2D eigenvalue weighted by Crippen LogP contribution is -1.99. The second kappa shape index (κ2) is 7.56. The highest BCUT2D eigenvalue weighted by Crippen LogP contribution is 2.30. The summed E-state index contributed by atoms with van der Waals surface area (Å²) in [5.74, 6) is 0.477. The molecule has 7 nitrogen and oxygen atoms in total. The van der Waals surface area contributed by atoms with Crippen molar-refractivity contribution in [1.29, 1.82) is 0 Å². The molecule has 21 heavy (non-hydrogen) atoms. The molecule has 0 spiro atoms. The van der Waals surface area contributed by atoms with Gasteiger partial charge in [0.1, 0.15) is 0 Å². The molecule has 0 radical (unpaired) electrons. The Morgan fingerprint density at radius 3 is 2.62 bits per heavy atom. The van der Waals surface area contributed by atoms with Gasteiger partial charge in [-0.15, -0.1) is 0 Å². The summed E-state index contributed by atoms with van der Waals surface area (Å²) < 4.78 is 10.2. The molecule has 7 heteroatoms. The zero-order valence-electron chi connectivity index (χ0n) is 12.1. The maximum atomic E-state index is 10.9. The number of nitrogens with zero attached hydrogens (tertiary/aromatic N) is 3. The van der Waals surface area contributed by atoms with Crippen molar-refractivity contribution < 1.29 is 14.3 Å². The van der Waals surface area contributed by atoms with Gasteiger partial charge in [0.05, 0.1) is 11.5 Å². The molecule has 0 unspecified atom stereocenters. The SMILES string of the molecule is CCCCCCCCOc1ccc([N+](=O)[O-])c2nonc12. The van der Waals surface area contributed by atoms with Gasteiger partial charge in [-0.2, -0.15) is 0 Å². The average Bonchev–Trinajstić information content (AvgIpc) is 2.95. The van der Waals surface area contributed by atoms with E-state index in [1.807, 2.05) is 0 Å². The summed E-state index contributed by atoms with van der Waals surface area (Å²) in [7, 11) is 0. The number of benzene rings is 1. The predicted octanol–water partition coefficient (Wildman–Crippen LogP) is 3.87. The Kier molecular flexibility index (Phi) is 5.48. The van der Waals surface area contributed by atoms with Crippen LogP contribution < -0.4 is 4.74 Å². The molecule has 0 saturated heterocycles. The monoisotopic (exact) mass is 293 g/mol. The van der Waals surface area contributed by atoms with Crippen LogP contribution in [0.3, 0.4) is 0 Å². The van der Waals surface area contributed by atoms with Gasteiger partial charge in [-0.05, 0) is 22.8 Å². The molecule has 0 N–H and O–H groups in total. The van der Waals surface area contributed by atoms with Gasteiger partial charge in [0.15, 0.2) is 11.3 Å². The number of hydrogen-bond acceptors (Lipinski definition) is 6. The van der Waals surface area contributed by atoms with Crippen LogP contribution in [0.2, 0.25) is 0 Å². The van der Waals surface area contributed by atoms with Gasteiger partial charge < -0.3 is 4.74 Å². The molecular weight excluding hydrogens is 274 g/mol. The van der Waals surface area contributed by atoms with Crippen LogP contribution in [0.15, 0.2) is 16.8 Å². The molecular formula is C14H19N3O4. The third kappa shape index (κ3) is 3.90. The van der Waals surface area contributed by atoms with Gasteiger partial charge >= 0.3 is 5.69 Å². The van der Waals surface area contributed by atoms with Crippen molar-refractivity contribution in [2.75, 3.05) is 6.61 Å². The Morgan fingerprint density at radius 1 is 1.14 bits per heavy atom. The van der Waals surface area contributed by atoms with E-state index in [-0.39, 0.29) is 11.2 Å². The second-order valence-corrected chi connectivity index (χ2v) is 4.92. The highest BCUT2D eigenvalue weighted by atomic mass is 16.6. The largest absolute Gasteiger partial charge is 0.491 e. The summed E-state index contributed by atoms with van der Waals surface area (Å²) in [6, 6.07) is 2.91. The summed E-state index contributed by atoms with van der Waals surface area (Å²) in [5.41, 5.74) is 0.300. The number of rotatable bonds is 9. The third-order valence-electron chi connectivity index (χ3n) is 3.31. The smallest absolute Gasteiger partial charge is 0.301 e. The minimum atomic E-state index is -0.510. The molecule has 2 aromatic rings.